The molecule has 0 bridgehead atoms. The Hall–Kier alpha value is -1.88. The third kappa shape index (κ3) is 4.06. The predicted molar refractivity (Wildman–Crippen MR) is 78.7 cm³/mol. The lowest BCUT2D eigenvalue weighted by molar-refractivity contribution is -0.116. The lowest BCUT2D eigenvalue weighted by Gasteiger charge is -2.10. The number of amides is 2. The van der Waals surface area contributed by atoms with Gasteiger partial charge in [-0.05, 0) is 44.0 Å². The highest BCUT2D eigenvalue weighted by molar-refractivity contribution is 5.97. The maximum atomic E-state index is 11.9. The molecule has 108 valence electrons. The van der Waals surface area contributed by atoms with Crippen molar-refractivity contribution in [3.8, 4) is 0 Å². The average molecular weight is 275 g/mol. The lowest BCUT2D eigenvalue weighted by Crippen LogP contribution is -2.23. The van der Waals surface area contributed by atoms with Gasteiger partial charge in [-0.3, -0.25) is 9.59 Å². The Kier molecular flexibility index (Phi) is 5.12. The van der Waals surface area contributed by atoms with Crippen molar-refractivity contribution in [2.24, 2.45) is 0 Å². The van der Waals surface area contributed by atoms with Gasteiger partial charge in [-0.1, -0.05) is 6.07 Å². The molecule has 2 rings (SSSR count). The van der Waals surface area contributed by atoms with Crippen molar-refractivity contribution in [1.82, 2.24) is 10.6 Å². The average Bonchev–Trinajstić information content (AvgIpc) is 2.98. The zero-order chi connectivity index (χ0) is 14.4. The summed E-state index contributed by atoms with van der Waals surface area (Å²) in [5.74, 6) is -0.163. The van der Waals surface area contributed by atoms with Gasteiger partial charge in [0.05, 0.1) is 0 Å². The third-order valence-corrected chi connectivity index (χ3v) is 3.52. The van der Waals surface area contributed by atoms with Gasteiger partial charge in [0.25, 0.3) is 5.91 Å². The van der Waals surface area contributed by atoms with Gasteiger partial charge in [0.1, 0.15) is 0 Å². The summed E-state index contributed by atoms with van der Waals surface area (Å²) in [6, 6.07) is 7.43. The predicted octanol–water partition coefficient (Wildman–Crippen LogP) is 1.52. The molecule has 3 N–H and O–H groups in total. The van der Waals surface area contributed by atoms with Crippen molar-refractivity contribution in [3.63, 3.8) is 0 Å². The molecule has 20 heavy (non-hydrogen) atoms. The van der Waals surface area contributed by atoms with Crippen molar-refractivity contribution >= 4 is 17.5 Å². The van der Waals surface area contributed by atoms with E-state index in [0.29, 0.717) is 23.7 Å². The minimum absolute atomic E-state index is 0.00671. The van der Waals surface area contributed by atoms with Gasteiger partial charge < -0.3 is 16.0 Å². The van der Waals surface area contributed by atoms with E-state index in [0.717, 1.165) is 19.4 Å². The summed E-state index contributed by atoms with van der Waals surface area (Å²) in [5.41, 5.74) is 1.21. The molecule has 1 saturated heterocycles. The summed E-state index contributed by atoms with van der Waals surface area (Å²) in [6.07, 6.45) is 3.71. The van der Waals surface area contributed by atoms with E-state index in [1.165, 1.54) is 6.42 Å². The minimum atomic E-state index is -0.156. The van der Waals surface area contributed by atoms with Crippen LogP contribution in [0, 0.1) is 0 Å². The maximum Gasteiger partial charge on any atom is 0.251 e. The number of rotatable bonds is 5. The first-order chi connectivity index (χ1) is 9.69. The van der Waals surface area contributed by atoms with Crippen LogP contribution in [0.15, 0.2) is 24.3 Å². The Morgan fingerprint density at radius 2 is 2.25 bits per heavy atom. The highest BCUT2D eigenvalue weighted by Crippen LogP contribution is 2.14. The Labute approximate surface area is 119 Å². The molecule has 1 aliphatic rings. The maximum absolute atomic E-state index is 11.9. The monoisotopic (exact) mass is 275 g/mol. The van der Waals surface area contributed by atoms with Crippen LogP contribution in [-0.4, -0.2) is 31.4 Å². The lowest BCUT2D eigenvalue weighted by atomic mass is 10.1. The fourth-order valence-corrected chi connectivity index (χ4v) is 2.41. The summed E-state index contributed by atoms with van der Waals surface area (Å²) in [6.45, 7) is 1.06. The molecular weight excluding hydrogens is 254 g/mol. The topological polar surface area (TPSA) is 70.2 Å². The highest BCUT2D eigenvalue weighted by atomic mass is 16.2. The van der Waals surface area contributed by atoms with E-state index in [9.17, 15) is 9.59 Å². The van der Waals surface area contributed by atoms with Gasteiger partial charge in [-0.2, -0.15) is 0 Å². The number of hydrogen-bond acceptors (Lipinski definition) is 3. The molecule has 1 heterocycles. The second kappa shape index (κ2) is 7.05. The first-order valence-electron chi connectivity index (χ1n) is 7.04. The van der Waals surface area contributed by atoms with E-state index in [2.05, 4.69) is 16.0 Å². The van der Waals surface area contributed by atoms with Gasteiger partial charge in [-0.15, -0.1) is 0 Å². The number of benzene rings is 1. The quantitative estimate of drug-likeness (QED) is 0.763. The van der Waals surface area contributed by atoms with E-state index in [1.807, 2.05) is 0 Å². The molecule has 1 unspecified atom stereocenters. The van der Waals surface area contributed by atoms with E-state index in [-0.39, 0.29) is 11.8 Å². The van der Waals surface area contributed by atoms with E-state index < -0.39 is 0 Å². The van der Waals surface area contributed by atoms with Gasteiger partial charge in [0.15, 0.2) is 0 Å². The fourth-order valence-electron chi connectivity index (χ4n) is 2.41. The molecule has 2 amide bonds. The molecule has 1 aliphatic heterocycles. The van der Waals surface area contributed by atoms with Gasteiger partial charge in [-0.25, -0.2) is 0 Å². The normalized spacial score (nSPS) is 17.8. The Bertz CT molecular complexity index is 482. The van der Waals surface area contributed by atoms with Crippen LogP contribution in [0.5, 0.6) is 0 Å². The smallest absolute Gasteiger partial charge is 0.251 e. The first kappa shape index (κ1) is 14.5. The number of carbonyl (C=O) groups excluding carboxylic acids is 2. The Balaban J connectivity index is 1.85. The summed E-state index contributed by atoms with van der Waals surface area (Å²) in [5, 5.41) is 8.78. The second-order valence-electron chi connectivity index (χ2n) is 5.04. The van der Waals surface area contributed by atoms with Crippen LogP contribution in [0.4, 0.5) is 5.69 Å². The molecule has 5 nitrogen and oxygen atoms in total. The van der Waals surface area contributed by atoms with Crippen LogP contribution in [0.25, 0.3) is 0 Å². The van der Waals surface area contributed by atoms with Crippen LogP contribution in [0.1, 0.15) is 36.0 Å². The molecule has 5 heteroatoms. The standard InChI is InChI=1S/C15H21N3O2/c1-16-15(20)11-4-2-5-13(10-11)18-14(19)8-7-12-6-3-9-17-12/h2,4-5,10,12,17H,3,6-9H2,1H3,(H,16,20)(H,18,19). The third-order valence-electron chi connectivity index (χ3n) is 3.52. The van der Waals surface area contributed by atoms with Crippen molar-refractivity contribution in [3.05, 3.63) is 29.8 Å². The molecule has 0 saturated carbocycles. The largest absolute Gasteiger partial charge is 0.355 e. The molecule has 0 spiro atoms. The van der Waals surface area contributed by atoms with Gasteiger partial charge >= 0.3 is 0 Å². The fraction of sp³-hybridized carbons (Fsp3) is 0.467. The van der Waals surface area contributed by atoms with Crippen LogP contribution in [0.3, 0.4) is 0 Å². The zero-order valence-corrected chi connectivity index (χ0v) is 11.7. The van der Waals surface area contributed by atoms with Crippen LogP contribution < -0.4 is 16.0 Å². The second-order valence-corrected chi connectivity index (χ2v) is 5.04. The van der Waals surface area contributed by atoms with Crippen LogP contribution >= 0.6 is 0 Å². The van der Waals surface area contributed by atoms with Crippen molar-refractivity contribution in [2.75, 3.05) is 18.9 Å². The molecule has 1 aromatic rings. The molecule has 1 atom stereocenters. The summed E-state index contributed by atoms with van der Waals surface area (Å²) in [7, 11) is 1.59. The summed E-state index contributed by atoms with van der Waals surface area (Å²) < 4.78 is 0. The number of hydrogen-bond donors (Lipinski definition) is 3. The minimum Gasteiger partial charge on any atom is -0.355 e. The zero-order valence-electron chi connectivity index (χ0n) is 11.7. The number of carbonyl (C=O) groups is 2. The van der Waals surface area contributed by atoms with E-state index in [4.69, 9.17) is 0 Å². The molecular formula is C15H21N3O2. The first-order valence-corrected chi connectivity index (χ1v) is 7.04. The highest BCUT2D eigenvalue weighted by Gasteiger charge is 2.15. The molecule has 1 aromatic carbocycles. The van der Waals surface area contributed by atoms with Crippen LogP contribution in [-0.2, 0) is 4.79 Å². The number of anilines is 1. The van der Waals surface area contributed by atoms with E-state index in [1.54, 1.807) is 31.3 Å². The summed E-state index contributed by atoms with van der Waals surface area (Å²) >= 11 is 0. The molecule has 0 aliphatic carbocycles. The summed E-state index contributed by atoms with van der Waals surface area (Å²) in [4.78, 5) is 23.4. The Morgan fingerprint density at radius 1 is 1.40 bits per heavy atom. The van der Waals surface area contributed by atoms with E-state index >= 15 is 0 Å². The molecule has 0 aromatic heterocycles. The van der Waals surface area contributed by atoms with Gasteiger partial charge in [0, 0.05) is 30.8 Å². The number of nitrogens with one attached hydrogen (secondary N) is 3. The van der Waals surface area contributed by atoms with Crippen molar-refractivity contribution in [2.45, 2.75) is 31.7 Å². The van der Waals surface area contributed by atoms with Crippen LogP contribution in [0.2, 0.25) is 0 Å². The Morgan fingerprint density at radius 3 is 2.95 bits per heavy atom. The SMILES string of the molecule is CNC(=O)c1cccc(NC(=O)CCC2CCCN2)c1. The molecule has 0 radical (unpaired) electrons. The van der Waals surface area contributed by atoms with Crippen molar-refractivity contribution in [1.29, 1.82) is 0 Å². The molecule has 1 fully saturated rings. The van der Waals surface area contributed by atoms with Crippen molar-refractivity contribution < 1.29 is 9.59 Å². The van der Waals surface area contributed by atoms with Gasteiger partial charge in [0.2, 0.25) is 5.91 Å².